The van der Waals surface area contributed by atoms with Crippen molar-refractivity contribution in [3.05, 3.63) is 88.0 Å². The summed E-state index contributed by atoms with van der Waals surface area (Å²) in [4.78, 5) is 27.4. The van der Waals surface area contributed by atoms with Gasteiger partial charge >= 0.3 is 6.03 Å². The average Bonchev–Trinajstić information content (AvgIpc) is 3.36. The zero-order valence-electron chi connectivity index (χ0n) is 14.4. The second-order valence-electron chi connectivity index (χ2n) is 6.15. The number of carbonyl (C=O) groups is 2. The maximum atomic E-state index is 12.4. The SMILES string of the molecule is O=C(NCc1cccs1)c1ccc(NC(=O)N2C=C3C=CNC=C3C2)cc1. The van der Waals surface area contributed by atoms with Crippen LogP contribution in [0.4, 0.5) is 10.5 Å². The number of rotatable bonds is 4. The number of benzene rings is 1. The lowest BCUT2D eigenvalue weighted by molar-refractivity contribution is 0.0951. The highest BCUT2D eigenvalue weighted by atomic mass is 32.1. The number of urea groups is 1. The summed E-state index contributed by atoms with van der Waals surface area (Å²) in [5.74, 6) is -0.138. The first kappa shape index (κ1) is 17.1. The lowest BCUT2D eigenvalue weighted by Crippen LogP contribution is -2.29. The average molecular weight is 378 g/mol. The van der Waals surface area contributed by atoms with Crippen LogP contribution in [0.3, 0.4) is 0 Å². The Morgan fingerprint density at radius 3 is 2.78 bits per heavy atom. The summed E-state index contributed by atoms with van der Waals surface area (Å²) in [6.45, 7) is 1.04. The van der Waals surface area contributed by atoms with Crippen LogP contribution in [0, 0.1) is 0 Å². The minimum absolute atomic E-state index is 0.138. The van der Waals surface area contributed by atoms with Gasteiger partial charge < -0.3 is 16.0 Å². The maximum absolute atomic E-state index is 12.4. The van der Waals surface area contributed by atoms with Gasteiger partial charge in [-0.1, -0.05) is 6.07 Å². The fraction of sp³-hybridized carbons (Fsp3) is 0.100. The van der Waals surface area contributed by atoms with Gasteiger partial charge in [0.1, 0.15) is 0 Å². The zero-order chi connectivity index (χ0) is 18.6. The van der Waals surface area contributed by atoms with Crippen molar-refractivity contribution in [3.63, 3.8) is 0 Å². The Morgan fingerprint density at radius 1 is 1.19 bits per heavy atom. The predicted octanol–water partition coefficient (Wildman–Crippen LogP) is 3.41. The molecule has 4 rings (SSSR count). The van der Waals surface area contributed by atoms with Gasteiger partial charge in [-0.25, -0.2) is 4.79 Å². The molecule has 0 aliphatic carbocycles. The quantitative estimate of drug-likeness (QED) is 0.763. The molecular weight excluding hydrogens is 360 g/mol. The Bertz CT molecular complexity index is 943. The summed E-state index contributed by atoms with van der Waals surface area (Å²) < 4.78 is 0. The van der Waals surface area contributed by atoms with E-state index in [1.165, 1.54) is 0 Å². The molecule has 0 saturated heterocycles. The molecule has 3 N–H and O–H groups in total. The first-order valence-electron chi connectivity index (χ1n) is 8.51. The van der Waals surface area contributed by atoms with E-state index in [-0.39, 0.29) is 11.9 Å². The van der Waals surface area contributed by atoms with Crippen molar-refractivity contribution in [3.8, 4) is 0 Å². The summed E-state index contributed by atoms with van der Waals surface area (Å²) in [5, 5.41) is 10.7. The molecule has 0 radical (unpaired) electrons. The number of fused-ring (bicyclic) bond motifs is 1. The Kier molecular flexibility index (Phi) is 4.76. The summed E-state index contributed by atoms with van der Waals surface area (Å²) in [6, 6.07) is 10.6. The van der Waals surface area contributed by atoms with E-state index < -0.39 is 0 Å². The molecule has 0 atom stereocenters. The van der Waals surface area contributed by atoms with E-state index in [0.717, 1.165) is 16.0 Å². The second kappa shape index (κ2) is 7.51. The topological polar surface area (TPSA) is 73.5 Å². The van der Waals surface area contributed by atoms with Crippen LogP contribution in [0.2, 0.25) is 0 Å². The molecule has 1 aromatic carbocycles. The number of thiophene rings is 1. The van der Waals surface area contributed by atoms with Crippen molar-refractivity contribution in [2.24, 2.45) is 0 Å². The summed E-state index contributed by atoms with van der Waals surface area (Å²) in [7, 11) is 0. The first-order valence-corrected chi connectivity index (χ1v) is 9.39. The van der Waals surface area contributed by atoms with E-state index >= 15 is 0 Å². The number of anilines is 1. The van der Waals surface area contributed by atoms with E-state index in [4.69, 9.17) is 0 Å². The van der Waals surface area contributed by atoms with Gasteiger partial charge in [0.25, 0.3) is 5.91 Å². The van der Waals surface area contributed by atoms with E-state index in [0.29, 0.717) is 24.3 Å². The van der Waals surface area contributed by atoms with Crippen LogP contribution in [-0.4, -0.2) is 23.4 Å². The Balaban J connectivity index is 1.34. The molecule has 2 aromatic rings. The predicted molar refractivity (Wildman–Crippen MR) is 106 cm³/mol. The monoisotopic (exact) mass is 378 g/mol. The van der Waals surface area contributed by atoms with Crippen molar-refractivity contribution in [1.29, 1.82) is 0 Å². The van der Waals surface area contributed by atoms with Crippen molar-refractivity contribution in [2.45, 2.75) is 6.54 Å². The van der Waals surface area contributed by atoms with Crippen LogP contribution in [0.1, 0.15) is 15.2 Å². The highest BCUT2D eigenvalue weighted by Gasteiger charge is 2.22. The number of dihydropyridines is 1. The number of carbonyl (C=O) groups excluding carboxylic acids is 2. The summed E-state index contributed by atoms with van der Waals surface area (Å²) in [5.41, 5.74) is 3.30. The fourth-order valence-corrected chi connectivity index (χ4v) is 3.49. The molecule has 3 amide bonds. The van der Waals surface area contributed by atoms with Gasteiger partial charge in [-0.15, -0.1) is 11.3 Å². The van der Waals surface area contributed by atoms with Crippen LogP contribution >= 0.6 is 11.3 Å². The molecule has 0 spiro atoms. The van der Waals surface area contributed by atoms with Crippen molar-refractivity contribution < 1.29 is 9.59 Å². The third-order valence-corrected chi connectivity index (χ3v) is 5.16. The van der Waals surface area contributed by atoms with E-state index in [1.807, 2.05) is 42.2 Å². The number of amides is 3. The van der Waals surface area contributed by atoms with Crippen molar-refractivity contribution >= 4 is 29.0 Å². The third kappa shape index (κ3) is 3.93. The van der Waals surface area contributed by atoms with E-state index in [9.17, 15) is 9.59 Å². The van der Waals surface area contributed by atoms with Crippen LogP contribution in [-0.2, 0) is 6.54 Å². The number of hydrogen-bond donors (Lipinski definition) is 3. The molecule has 2 aliphatic rings. The van der Waals surface area contributed by atoms with Gasteiger partial charge in [0.2, 0.25) is 0 Å². The number of hydrogen-bond acceptors (Lipinski definition) is 4. The van der Waals surface area contributed by atoms with Gasteiger partial charge in [0, 0.05) is 34.7 Å². The second-order valence-corrected chi connectivity index (χ2v) is 7.18. The molecule has 0 unspecified atom stereocenters. The van der Waals surface area contributed by atoms with Crippen molar-refractivity contribution in [1.82, 2.24) is 15.5 Å². The number of allylic oxidation sites excluding steroid dienone is 1. The van der Waals surface area contributed by atoms with Crippen LogP contribution in [0.5, 0.6) is 0 Å². The van der Waals surface area contributed by atoms with Crippen molar-refractivity contribution in [2.75, 3.05) is 11.9 Å². The zero-order valence-corrected chi connectivity index (χ0v) is 15.3. The molecule has 6 nitrogen and oxygen atoms in total. The lowest BCUT2D eigenvalue weighted by atomic mass is 10.1. The summed E-state index contributed by atoms with van der Waals surface area (Å²) in [6.07, 6.45) is 7.48. The van der Waals surface area contributed by atoms with Gasteiger partial charge in [-0.3, -0.25) is 9.69 Å². The highest BCUT2D eigenvalue weighted by Crippen LogP contribution is 2.24. The molecule has 27 heavy (non-hydrogen) atoms. The molecule has 136 valence electrons. The molecule has 0 bridgehead atoms. The van der Waals surface area contributed by atoms with Crippen LogP contribution < -0.4 is 16.0 Å². The molecule has 7 heteroatoms. The Hall–Kier alpha value is -3.32. The van der Waals surface area contributed by atoms with Gasteiger partial charge in [0.05, 0.1) is 13.1 Å². The fourth-order valence-electron chi connectivity index (χ4n) is 2.85. The van der Waals surface area contributed by atoms with Crippen LogP contribution in [0.25, 0.3) is 0 Å². The van der Waals surface area contributed by atoms with Crippen LogP contribution in [0.15, 0.2) is 77.6 Å². The van der Waals surface area contributed by atoms with Gasteiger partial charge in [-0.05, 0) is 52.9 Å². The minimum Gasteiger partial charge on any atom is -0.367 e. The third-order valence-electron chi connectivity index (χ3n) is 4.29. The normalized spacial score (nSPS) is 14.7. The summed E-state index contributed by atoms with van der Waals surface area (Å²) >= 11 is 1.61. The first-order chi connectivity index (χ1) is 13.2. The molecule has 0 fully saturated rings. The standard InChI is InChI=1S/C20H18N4O2S/c25-19(22-11-18-2-1-9-27-18)14-3-5-17(6-4-14)23-20(26)24-12-15-7-8-21-10-16(15)13-24/h1-10,12,21H,11,13H2,(H,22,25)(H,23,26). The highest BCUT2D eigenvalue weighted by molar-refractivity contribution is 7.09. The molecule has 1 aromatic heterocycles. The molecule has 2 aliphatic heterocycles. The maximum Gasteiger partial charge on any atom is 0.326 e. The molecule has 0 saturated carbocycles. The van der Waals surface area contributed by atoms with E-state index in [1.54, 1.807) is 40.5 Å². The number of nitrogens with zero attached hydrogens (tertiary/aromatic N) is 1. The van der Waals surface area contributed by atoms with E-state index in [2.05, 4.69) is 16.0 Å². The minimum atomic E-state index is -0.207. The van der Waals surface area contributed by atoms with Gasteiger partial charge in [0.15, 0.2) is 0 Å². The molecule has 3 heterocycles. The number of nitrogens with one attached hydrogen (secondary N) is 3. The largest absolute Gasteiger partial charge is 0.367 e. The Morgan fingerprint density at radius 2 is 2.04 bits per heavy atom. The van der Waals surface area contributed by atoms with Gasteiger partial charge in [-0.2, -0.15) is 0 Å². The smallest absolute Gasteiger partial charge is 0.326 e. The molecular formula is C20H18N4O2S. The lowest BCUT2D eigenvalue weighted by Gasteiger charge is -2.15. The Labute approximate surface area is 160 Å².